The van der Waals surface area contributed by atoms with Crippen LogP contribution in [-0.2, 0) is 4.79 Å². The van der Waals surface area contributed by atoms with E-state index in [2.05, 4.69) is 10.6 Å². The highest BCUT2D eigenvalue weighted by Crippen LogP contribution is 2.39. The maximum absolute atomic E-state index is 11.4. The molecule has 1 rings (SSSR count). The minimum atomic E-state index is -0.695. The van der Waals surface area contributed by atoms with Crippen LogP contribution in [0.1, 0.15) is 33.6 Å². The summed E-state index contributed by atoms with van der Waals surface area (Å²) in [6.45, 7) is 5.44. The van der Waals surface area contributed by atoms with Gasteiger partial charge in [-0.15, -0.1) is 11.6 Å². The number of carbonyl (C=O) groups excluding carboxylic acids is 2. The molecule has 3 amide bonds. The summed E-state index contributed by atoms with van der Waals surface area (Å²) in [6.07, 6.45) is 2.26. The first-order valence-corrected chi connectivity index (χ1v) is 5.53. The Bertz CT molecular complexity index is 273. The van der Waals surface area contributed by atoms with E-state index in [1.807, 2.05) is 13.8 Å². The molecule has 1 unspecified atom stereocenters. The van der Waals surface area contributed by atoms with E-state index in [9.17, 15) is 9.59 Å². The number of amides is 3. The van der Waals surface area contributed by atoms with Gasteiger partial charge in [0.1, 0.15) is 5.38 Å². The zero-order chi connectivity index (χ0) is 11.6. The van der Waals surface area contributed by atoms with Crippen LogP contribution in [-0.4, -0.2) is 22.9 Å². The van der Waals surface area contributed by atoms with E-state index in [0.717, 1.165) is 12.8 Å². The summed E-state index contributed by atoms with van der Waals surface area (Å²) in [7, 11) is 0. The maximum Gasteiger partial charge on any atom is 0.321 e. The number of nitrogens with one attached hydrogen (secondary N) is 2. The molecular weight excluding hydrogens is 216 g/mol. The van der Waals surface area contributed by atoms with Crippen LogP contribution in [0.4, 0.5) is 4.79 Å². The van der Waals surface area contributed by atoms with Crippen molar-refractivity contribution in [2.24, 2.45) is 5.92 Å². The third-order valence-electron chi connectivity index (χ3n) is 2.63. The molecule has 4 nitrogen and oxygen atoms in total. The zero-order valence-corrected chi connectivity index (χ0v) is 10.0. The lowest BCUT2D eigenvalue weighted by Crippen LogP contribution is -2.52. The van der Waals surface area contributed by atoms with E-state index in [4.69, 9.17) is 11.6 Å². The van der Waals surface area contributed by atoms with Gasteiger partial charge in [-0.25, -0.2) is 4.79 Å². The number of imide groups is 1. The monoisotopic (exact) mass is 232 g/mol. The van der Waals surface area contributed by atoms with E-state index in [-0.39, 0.29) is 5.54 Å². The molecule has 0 saturated heterocycles. The molecule has 0 aromatic carbocycles. The Morgan fingerprint density at radius 2 is 1.93 bits per heavy atom. The smallest absolute Gasteiger partial charge is 0.321 e. The average Bonchev–Trinajstić information content (AvgIpc) is 2.83. The summed E-state index contributed by atoms with van der Waals surface area (Å²) in [6, 6.07) is -0.468. The largest absolute Gasteiger partial charge is 0.333 e. The van der Waals surface area contributed by atoms with Crippen LogP contribution in [0.15, 0.2) is 0 Å². The number of urea groups is 1. The molecular formula is C10H17ClN2O2. The molecule has 0 bridgehead atoms. The third-order valence-corrected chi connectivity index (χ3v) is 2.83. The normalized spacial score (nSPS) is 18.1. The molecule has 0 aromatic rings. The average molecular weight is 233 g/mol. The van der Waals surface area contributed by atoms with Crippen LogP contribution in [0.3, 0.4) is 0 Å². The highest BCUT2D eigenvalue weighted by Gasteiger charge is 2.38. The number of hydrogen-bond acceptors (Lipinski definition) is 2. The highest BCUT2D eigenvalue weighted by molar-refractivity contribution is 6.31. The van der Waals surface area contributed by atoms with Gasteiger partial charge in [0.2, 0.25) is 5.91 Å². The van der Waals surface area contributed by atoms with Gasteiger partial charge in [0.05, 0.1) is 0 Å². The van der Waals surface area contributed by atoms with Crippen LogP contribution in [0.5, 0.6) is 0 Å². The van der Waals surface area contributed by atoms with Gasteiger partial charge in [-0.05, 0) is 39.5 Å². The maximum atomic E-state index is 11.4. The fourth-order valence-electron chi connectivity index (χ4n) is 1.44. The summed E-state index contributed by atoms with van der Waals surface area (Å²) >= 11 is 5.53. The predicted molar refractivity (Wildman–Crippen MR) is 58.8 cm³/mol. The third kappa shape index (κ3) is 3.70. The second-order valence-electron chi connectivity index (χ2n) is 4.56. The van der Waals surface area contributed by atoms with Crippen molar-refractivity contribution >= 4 is 23.5 Å². The fraction of sp³-hybridized carbons (Fsp3) is 0.800. The van der Waals surface area contributed by atoms with Gasteiger partial charge in [0.25, 0.3) is 0 Å². The van der Waals surface area contributed by atoms with E-state index in [1.165, 1.54) is 6.92 Å². The minimum absolute atomic E-state index is 0.250. The molecule has 5 heteroatoms. The number of hydrogen-bond donors (Lipinski definition) is 2. The van der Waals surface area contributed by atoms with Crippen molar-refractivity contribution in [3.8, 4) is 0 Å². The molecule has 1 atom stereocenters. The molecule has 0 radical (unpaired) electrons. The summed E-state index contributed by atoms with van der Waals surface area (Å²) in [5.74, 6) is 0.0486. The Kier molecular flexibility index (Phi) is 3.60. The first-order valence-electron chi connectivity index (χ1n) is 5.10. The summed E-state index contributed by atoms with van der Waals surface area (Å²) in [5.41, 5.74) is -0.250. The second kappa shape index (κ2) is 4.39. The molecule has 15 heavy (non-hydrogen) atoms. The Labute approximate surface area is 94.7 Å². The van der Waals surface area contributed by atoms with Gasteiger partial charge in [0, 0.05) is 5.54 Å². The fourth-order valence-corrected chi connectivity index (χ4v) is 1.50. The van der Waals surface area contributed by atoms with Gasteiger partial charge in [-0.3, -0.25) is 10.1 Å². The lowest BCUT2D eigenvalue weighted by Gasteiger charge is -2.26. The summed E-state index contributed by atoms with van der Waals surface area (Å²) < 4.78 is 0. The molecule has 0 spiro atoms. The molecule has 86 valence electrons. The number of rotatable bonds is 3. The zero-order valence-electron chi connectivity index (χ0n) is 9.26. The summed E-state index contributed by atoms with van der Waals surface area (Å²) in [4.78, 5) is 22.5. The predicted octanol–water partition coefficient (Wildman–Crippen LogP) is 1.63. The van der Waals surface area contributed by atoms with Crippen molar-refractivity contribution in [1.82, 2.24) is 10.6 Å². The molecule has 1 saturated carbocycles. The van der Waals surface area contributed by atoms with Crippen LogP contribution >= 0.6 is 11.6 Å². The molecule has 0 heterocycles. The van der Waals surface area contributed by atoms with Gasteiger partial charge in [0.15, 0.2) is 0 Å². The number of carbonyl (C=O) groups is 2. The standard InChI is InChI=1S/C10H17ClN2O2/c1-6(11)8(14)12-9(15)13-10(2,3)7-4-5-7/h6-7H,4-5H2,1-3H3,(H2,12,13,14,15). The van der Waals surface area contributed by atoms with E-state index in [0.29, 0.717) is 5.92 Å². The van der Waals surface area contributed by atoms with Gasteiger partial charge < -0.3 is 5.32 Å². The lowest BCUT2D eigenvalue weighted by molar-refractivity contribution is -0.119. The topological polar surface area (TPSA) is 58.2 Å². The Hall–Kier alpha value is -0.770. The SMILES string of the molecule is CC(Cl)C(=O)NC(=O)NC(C)(C)C1CC1. The van der Waals surface area contributed by atoms with Gasteiger partial charge in [-0.2, -0.15) is 0 Å². The first-order chi connectivity index (χ1) is 6.83. The second-order valence-corrected chi connectivity index (χ2v) is 5.21. The summed E-state index contributed by atoms with van der Waals surface area (Å²) in [5, 5.41) is 4.28. The lowest BCUT2D eigenvalue weighted by atomic mass is 9.99. The molecule has 1 fully saturated rings. The minimum Gasteiger partial charge on any atom is -0.333 e. The van der Waals surface area contributed by atoms with Crippen LogP contribution < -0.4 is 10.6 Å². The van der Waals surface area contributed by atoms with Crippen LogP contribution in [0.2, 0.25) is 0 Å². The quantitative estimate of drug-likeness (QED) is 0.727. The first kappa shape index (κ1) is 12.3. The van der Waals surface area contributed by atoms with Crippen molar-refractivity contribution in [1.29, 1.82) is 0 Å². The highest BCUT2D eigenvalue weighted by atomic mass is 35.5. The van der Waals surface area contributed by atoms with Gasteiger partial charge in [-0.1, -0.05) is 0 Å². The molecule has 0 aromatic heterocycles. The van der Waals surface area contributed by atoms with E-state index >= 15 is 0 Å². The molecule has 0 aliphatic heterocycles. The van der Waals surface area contributed by atoms with Crippen molar-refractivity contribution < 1.29 is 9.59 Å². The molecule has 1 aliphatic rings. The van der Waals surface area contributed by atoms with E-state index < -0.39 is 17.3 Å². The van der Waals surface area contributed by atoms with Gasteiger partial charge >= 0.3 is 6.03 Å². The number of halogens is 1. The van der Waals surface area contributed by atoms with Crippen molar-refractivity contribution in [3.63, 3.8) is 0 Å². The van der Waals surface area contributed by atoms with Crippen molar-refractivity contribution in [3.05, 3.63) is 0 Å². The molecule has 1 aliphatic carbocycles. The number of alkyl halides is 1. The van der Waals surface area contributed by atoms with Crippen molar-refractivity contribution in [2.45, 2.75) is 44.5 Å². The Morgan fingerprint density at radius 1 is 1.40 bits per heavy atom. The van der Waals surface area contributed by atoms with Crippen molar-refractivity contribution in [2.75, 3.05) is 0 Å². The van der Waals surface area contributed by atoms with Crippen LogP contribution in [0.25, 0.3) is 0 Å². The Morgan fingerprint density at radius 3 is 2.33 bits per heavy atom. The van der Waals surface area contributed by atoms with E-state index in [1.54, 1.807) is 0 Å². The Balaban J connectivity index is 2.38. The van der Waals surface area contributed by atoms with Crippen LogP contribution in [0, 0.1) is 5.92 Å². The molecule has 2 N–H and O–H groups in total.